The molecule has 0 amide bonds. The van der Waals surface area contributed by atoms with Crippen molar-refractivity contribution >= 4 is 34.3 Å². The van der Waals surface area contributed by atoms with Gasteiger partial charge in [-0.25, -0.2) is 0 Å². The highest BCUT2D eigenvalue weighted by atomic mass is 35.5. The minimum Gasteiger partial charge on any atom is -0.411 e. The summed E-state index contributed by atoms with van der Waals surface area (Å²) in [4.78, 5) is 16.4. The molecule has 2 heterocycles. The Kier molecular flexibility index (Phi) is 5.32. The van der Waals surface area contributed by atoms with Crippen LogP contribution in [0, 0.1) is 0 Å². The number of pyridine rings is 1. The van der Waals surface area contributed by atoms with Gasteiger partial charge in [0.25, 0.3) is 11.1 Å². The van der Waals surface area contributed by atoms with Gasteiger partial charge in [0.2, 0.25) is 5.43 Å². The molecule has 31 heavy (non-hydrogen) atoms. The number of nitrogens with one attached hydrogen (secondary N) is 1. The fraction of sp³-hybridized carbons (Fsp3) is 0.0417. The minimum absolute atomic E-state index is 0.149. The summed E-state index contributed by atoms with van der Waals surface area (Å²) in [7, 11) is 0. The molecule has 2 aromatic heterocycles. The van der Waals surface area contributed by atoms with Crippen LogP contribution in [-0.4, -0.2) is 15.2 Å². The van der Waals surface area contributed by atoms with Crippen molar-refractivity contribution in [3.05, 3.63) is 99.8 Å². The molecular formula is C24H16ClN3O2S. The molecule has 5 nitrogen and oxygen atoms in total. The molecule has 0 spiro atoms. The second-order valence-corrected chi connectivity index (χ2v) is 8.28. The first kappa shape index (κ1) is 19.6. The zero-order valence-corrected chi connectivity index (χ0v) is 17.8. The van der Waals surface area contributed by atoms with E-state index in [-0.39, 0.29) is 11.3 Å². The number of nitrogens with zero attached hydrogens (tertiary/aromatic N) is 2. The number of hydrogen-bond donors (Lipinski definition) is 1. The monoisotopic (exact) mass is 445 g/mol. The van der Waals surface area contributed by atoms with E-state index in [1.165, 1.54) is 11.8 Å². The van der Waals surface area contributed by atoms with E-state index >= 15 is 0 Å². The molecule has 152 valence electrons. The molecule has 3 aromatic carbocycles. The van der Waals surface area contributed by atoms with Gasteiger partial charge in [0.05, 0.1) is 5.52 Å². The number of thioether (sulfide) groups is 1. The van der Waals surface area contributed by atoms with Crippen LogP contribution >= 0.6 is 23.4 Å². The van der Waals surface area contributed by atoms with Crippen LogP contribution in [0.5, 0.6) is 0 Å². The van der Waals surface area contributed by atoms with Gasteiger partial charge in [-0.05, 0) is 29.3 Å². The Morgan fingerprint density at radius 3 is 2.52 bits per heavy atom. The van der Waals surface area contributed by atoms with Crippen molar-refractivity contribution in [1.82, 2.24) is 15.2 Å². The van der Waals surface area contributed by atoms with Crippen LogP contribution in [0.3, 0.4) is 0 Å². The predicted molar refractivity (Wildman–Crippen MR) is 124 cm³/mol. The third-order valence-corrected chi connectivity index (χ3v) is 6.05. The van der Waals surface area contributed by atoms with Crippen LogP contribution in [0.2, 0.25) is 5.02 Å². The van der Waals surface area contributed by atoms with Crippen LogP contribution in [0.4, 0.5) is 0 Å². The van der Waals surface area contributed by atoms with Crippen LogP contribution in [0.25, 0.3) is 33.5 Å². The second-order valence-electron chi connectivity index (χ2n) is 6.91. The Bertz CT molecular complexity index is 1410. The second kappa shape index (κ2) is 8.41. The number of benzene rings is 3. The van der Waals surface area contributed by atoms with Gasteiger partial charge in [-0.1, -0.05) is 78.0 Å². The lowest BCUT2D eigenvalue weighted by Gasteiger charge is -2.07. The topological polar surface area (TPSA) is 71.8 Å². The highest BCUT2D eigenvalue weighted by molar-refractivity contribution is 7.98. The molecule has 0 aliphatic carbocycles. The number of aromatic amines is 1. The van der Waals surface area contributed by atoms with E-state index in [1.807, 2.05) is 66.7 Å². The molecule has 0 saturated carbocycles. The average molecular weight is 446 g/mol. The van der Waals surface area contributed by atoms with Gasteiger partial charge >= 0.3 is 0 Å². The van der Waals surface area contributed by atoms with Crippen LogP contribution in [0.1, 0.15) is 5.56 Å². The molecule has 0 bridgehead atoms. The molecule has 0 saturated heterocycles. The van der Waals surface area contributed by atoms with Crippen molar-refractivity contribution in [2.75, 3.05) is 0 Å². The lowest BCUT2D eigenvalue weighted by molar-refractivity contribution is 0.465. The maximum Gasteiger partial charge on any atom is 0.277 e. The number of fused-ring (bicyclic) bond motifs is 1. The first-order valence-corrected chi connectivity index (χ1v) is 11.0. The molecule has 0 atom stereocenters. The fourth-order valence-corrected chi connectivity index (χ4v) is 4.22. The van der Waals surface area contributed by atoms with Crippen molar-refractivity contribution in [2.24, 2.45) is 0 Å². The Balaban J connectivity index is 1.45. The summed E-state index contributed by atoms with van der Waals surface area (Å²) >= 11 is 7.33. The Labute approximate surface area is 187 Å². The summed E-state index contributed by atoms with van der Waals surface area (Å²) < 4.78 is 5.75. The number of H-pyrrole nitrogens is 1. The van der Waals surface area contributed by atoms with Gasteiger partial charge in [0, 0.05) is 27.9 Å². The first-order valence-electron chi connectivity index (χ1n) is 9.60. The lowest BCUT2D eigenvalue weighted by Crippen LogP contribution is -2.07. The zero-order chi connectivity index (χ0) is 21.2. The number of para-hydroxylation sites is 1. The molecule has 7 heteroatoms. The molecule has 0 radical (unpaired) electrons. The van der Waals surface area contributed by atoms with E-state index in [1.54, 1.807) is 12.3 Å². The molecule has 0 unspecified atom stereocenters. The van der Waals surface area contributed by atoms with Crippen molar-refractivity contribution < 1.29 is 4.42 Å². The van der Waals surface area contributed by atoms with Crippen LogP contribution in [-0.2, 0) is 5.75 Å². The predicted octanol–water partition coefficient (Wildman–Crippen LogP) is 6.19. The highest BCUT2D eigenvalue weighted by Gasteiger charge is 2.16. The maximum atomic E-state index is 13.2. The van der Waals surface area contributed by atoms with E-state index < -0.39 is 0 Å². The third-order valence-electron chi connectivity index (χ3n) is 4.91. The normalized spacial score (nSPS) is 11.1. The molecular weight excluding hydrogens is 430 g/mol. The average Bonchev–Trinajstić information content (AvgIpc) is 3.28. The highest BCUT2D eigenvalue weighted by Crippen LogP contribution is 2.28. The van der Waals surface area contributed by atoms with E-state index in [0.29, 0.717) is 26.9 Å². The summed E-state index contributed by atoms with van der Waals surface area (Å²) in [6, 6.07) is 23.2. The number of hydrogen-bond acceptors (Lipinski definition) is 5. The Morgan fingerprint density at radius 2 is 1.71 bits per heavy atom. The molecule has 0 aliphatic heterocycles. The Morgan fingerprint density at radius 1 is 0.903 bits per heavy atom. The van der Waals surface area contributed by atoms with Gasteiger partial charge in [0.15, 0.2) is 0 Å². The van der Waals surface area contributed by atoms with Crippen molar-refractivity contribution in [3.8, 4) is 22.6 Å². The number of rotatable bonds is 5. The first-order chi connectivity index (χ1) is 15.2. The van der Waals surface area contributed by atoms with Gasteiger partial charge in [-0.15, -0.1) is 10.2 Å². The Hall–Kier alpha value is -3.35. The number of halogens is 1. The summed E-state index contributed by atoms with van der Waals surface area (Å²) in [5, 5.41) is 9.84. The summed E-state index contributed by atoms with van der Waals surface area (Å²) in [6.07, 6.45) is 1.64. The molecule has 5 rings (SSSR count). The zero-order valence-electron chi connectivity index (χ0n) is 16.2. The van der Waals surface area contributed by atoms with Gasteiger partial charge in [-0.2, -0.15) is 0 Å². The van der Waals surface area contributed by atoms with E-state index in [0.717, 1.165) is 22.2 Å². The van der Waals surface area contributed by atoms with E-state index in [2.05, 4.69) is 15.2 Å². The fourth-order valence-electron chi connectivity index (χ4n) is 3.37. The number of aromatic nitrogens is 3. The quantitative estimate of drug-likeness (QED) is 0.326. The van der Waals surface area contributed by atoms with Crippen molar-refractivity contribution in [1.29, 1.82) is 0 Å². The van der Waals surface area contributed by atoms with Crippen LogP contribution in [0.15, 0.2) is 93.4 Å². The van der Waals surface area contributed by atoms with Crippen molar-refractivity contribution in [2.45, 2.75) is 11.0 Å². The molecule has 0 aliphatic rings. The maximum absolute atomic E-state index is 13.2. The molecule has 1 N–H and O–H groups in total. The SMILES string of the molecule is O=c1c(-c2nnc(SCc3ccc(Cl)cc3)o2)c[nH]c2c(-c3ccccc3)cccc12. The van der Waals surface area contributed by atoms with Crippen molar-refractivity contribution in [3.63, 3.8) is 0 Å². The standard InChI is InChI=1S/C24H16ClN3O2S/c25-17-11-9-15(10-12-17)14-31-24-28-27-23(30-24)20-13-26-21-18(16-5-2-1-3-6-16)7-4-8-19(21)22(20)29/h1-13H,14H2,(H,26,29). The molecule has 0 fully saturated rings. The van der Waals surface area contributed by atoms with E-state index in [4.69, 9.17) is 16.0 Å². The minimum atomic E-state index is -0.149. The van der Waals surface area contributed by atoms with E-state index in [9.17, 15) is 4.79 Å². The third kappa shape index (κ3) is 4.00. The summed E-state index contributed by atoms with van der Waals surface area (Å²) in [6.45, 7) is 0. The summed E-state index contributed by atoms with van der Waals surface area (Å²) in [5.74, 6) is 0.861. The molecule has 5 aromatic rings. The van der Waals surface area contributed by atoms with Gasteiger partial charge < -0.3 is 9.40 Å². The van der Waals surface area contributed by atoms with Gasteiger partial charge in [-0.3, -0.25) is 4.79 Å². The largest absolute Gasteiger partial charge is 0.411 e. The van der Waals surface area contributed by atoms with Gasteiger partial charge in [0.1, 0.15) is 5.56 Å². The van der Waals surface area contributed by atoms with Crippen LogP contribution < -0.4 is 5.43 Å². The smallest absolute Gasteiger partial charge is 0.277 e. The lowest BCUT2D eigenvalue weighted by atomic mass is 10.0. The summed E-state index contributed by atoms with van der Waals surface area (Å²) in [5.41, 5.74) is 4.07.